The standard InChI is InChI=1S/C14H14O4S/c1-2-10-3-5-11(6-4-10)9-19(17)13-8-7-12(18-13)14(15)16/h3-8H,2,9H2,1H3,(H,15,16). The lowest BCUT2D eigenvalue weighted by Crippen LogP contribution is -1.96. The van der Waals surface area contributed by atoms with Gasteiger partial charge in [-0.2, -0.15) is 0 Å². The Hall–Kier alpha value is -1.88. The Balaban J connectivity index is 2.08. The van der Waals surface area contributed by atoms with Crippen molar-refractivity contribution in [2.75, 3.05) is 0 Å². The fraction of sp³-hybridized carbons (Fsp3) is 0.214. The maximum atomic E-state index is 12.0. The molecule has 0 bridgehead atoms. The molecule has 0 aliphatic heterocycles. The molecule has 5 heteroatoms. The zero-order chi connectivity index (χ0) is 13.8. The summed E-state index contributed by atoms with van der Waals surface area (Å²) in [6, 6.07) is 10.6. The summed E-state index contributed by atoms with van der Waals surface area (Å²) in [4.78, 5) is 10.7. The Morgan fingerprint density at radius 1 is 1.16 bits per heavy atom. The van der Waals surface area contributed by atoms with Crippen molar-refractivity contribution >= 4 is 16.8 Å². The highest BCUT2D eigenvalue weighted by molar-refractivity contribution is 7.84. The molecule has 0 aliphatic carbocycles. The molecule has 100 valence electrons. The first-order chi connectivity index (χ1) is 9.10. The number of furan rings is 1. The molecule has 0 saturated heterocycles. The van der Waals surface area contributed by atoms with Gasteiger partial charge in [0.05, 0.1) is 16.6 Å². The second-order valence-corrected chi connectivity index (χ2v) is 5.47. The fourth-order valence-corrected chi connectivity index (χ4v) is 2.69. The van der Waals surface area contributed by atoms with Crippen LogP contribution in [0.15, 0.2) is 45.9 Å². The lowest BCUT2D eigenvalue weighted by atomic mass is 10.1. The van der Waals surface area contributed by atoms with Crippen molar-refractivity contribution in [3.8, 4) is 0 Å². The van der Waals surface area contributed by atoms with Crippen molar-refractivity contribution in [3.05, 3.63) is 53.3 Å². The average molecular weight is 278 g/mol. The van der Waals surface area contributed by atoms with Crippen molar-refractivity contribution in [2.24, 2.45) is 0 Å². The first kappa shape index (κ1) is 13.5. The molecule has 1 aromatic carbocycles. The van der Waals surface area contributed by atoms with E-state index >= 15 is 0 Å². The van der Waals surface area contributed by atoms with Gasteiger partial charge in [-0.05, 0) is 29.7 Å². The molecule has 1 heterocycles. The summed E-state index contributed by atoms with van der Waals surface area (Å²) in [5.74, 6) is -1.03. The number of benzene rings is 1. The Labute approximate surface area is 113 Å². The van der Waals surface area contributed by atoms with Crippen LogP contribution in [0.3, 0.4) is 0 Å². The van der Waals surface area contributed by atoms with Gasteiger partial charge in [-0.1, -0.05) is 31.2 Å². The third kappa shape index (κ3) is 3.32. The van der Waals surface area contributed by atoms with E-state index in [0.717, 1.165) is 12.0 Å². The van der Waals surface area contributed by atoms with Crippen molar-refractivity contribution < 1.29 is 18.5 Å². The highest BCUT2D eigenvalue weighted by atomic mass is 32.2. The maximum absolute atomic E-state index is 12.0. The van der Waals surface area contributed by atoms with E-state index < -0.39 is 16.8 Å². The second kappa shape index (κ2) is 5.84. The predicted octanol–water partition coefficient (Wildman–Crippen LogP) is 2.85. The van der Waals surface area contributed by atoms with E-state index in [9.17, 15) is 9.00 Å². The van der Waals surface area contributed by atoms with Gasteiger partial charge in [0, 0.05) is 0 Å². The van der Waals surface area contributed by atoms with E-state index in [1.165, 1.54) is 17.7 Å². The summed E-state index contributed by atoms with van der Waals surface area (Å²) in [7, 11) is -1.37. The molecule has 1 atom stereocenters. The maximum Gasteiger partial charge on any atom is 0.371 e. The monoisotopic (exact) mass is 278 g/mol. The van der Waals surface area contributed by atoms with Crippen LogP contribution in [-0.4, -0.2) is 15.3 Å². The zero-order valence-electron chi connectivity index (χ0n) is 10.5. The lowest BCUT2D eigenvalue weighted by molar-refractivity contribution is 0.0656. The molecule has 4 nitrogen and oxygen atoms in total. The van der Waals surface area contributed by atoms with E-state index in [-0.39, 0.29) is 10.9 Å². The Bertz CT molecular complexity index is 598. The lowest BCUT2D eigenvalue weighted by Gasteiger charge is -2.01. The molecule has 0 aliphatic rings. The average Bonchev–Trinajstić information content (AvgIpc) is 2.89. The van der Waals surface area contributed by atoms with Crippen LogP contribution in [0, 0.1) is 0 Å². The molecular formula is C14H14O4S. The minimum Gasteiger partial charge on any atom is -0.475 e. The molecule has 1 aromatic heterocycles. The van der Waals surface area contributed by atoms with Crippen LogP contribution in [0.5, 0.6) is 0 Å². The van der Waals surface area contributed by atoms with Crippen molar-refractivity contribution in [1.82, 2.24) is 0 Å². The Morgan fingerprint density at radius 3 is 2.32 bits per heavy atom. The molecule has 2 aromatic rings. The van der Waals surface area contributed by atoms with E-state index in [1.54, 1.807) is 0 Å². The highest BCUT2D eigenvalue weighted by Crippen LogP contribution is 2.16. The van der Waals surface area contributed by atoms with E-state index in [2.05, 4.69) is 6.92 Å². The van der Waals surface area contributed by atoms with Crippen LogP contribution in [-0.2, 0) is 23.0 Å². The minimum atomic E-state index is -1.37. The number of hydrogen-bond donors (Lipinski definition) is 1. The Kier molecular flexibility index (Phi) is 4.16. The molecule has 0 fully saturated rings. The van der Waals surface area contributed by atoms with E-state index in [4.69, 9.17) is 9.52 Å². The molecule has 0 radical (unpaired) electrons. The molecule has 0 amide bonds. The van der Waals surface area contributed by atoms with Gasteiger partial charge in [-0.3, -0.25) is 4.21 Å². The quantitative estimate of drug-likeness (QED) is 0.913. The zero-order valence-corrected chi connectivity index (χ0v) is 11.3. The van der Waals surface area contributed by atoms with Crippen molar-refractivity contribution in [3.63, 3.8) is 0 Å². The van der Waals surface area contributed by atoms with Gasteiger partial charge in [-0.15, -0.1) is 0 Å². The topological polar surface area (TPSA) is 67.5 Å². The van der Waals surface area contributed by atoms with Gasteiger partial charge in [-0.25, -0.2) is 4.79 Å². The summed E-state index contributed by atoms with van der Waals surface area (Å²) < 4.78 is 17.1. The number of hydrogen-bond acceptors (Lipinski definition) is 3. The molecule has 19 heavy (non-hydrogen) atoms. The molecule has 2 rings (SSSR count). The normalized spacial score (nSPS) is 12.3. The minimum absolute atomic E-state index is 0.190. The molecular weight excluding hydrogens is 264 g/mol. The van der Waals surface area contributed by atoms with Gasteiger partial charge in [0.2, 0.25) is 5.76 Å². The first-order valence-corrected chi connectivity index (χ1v) is 7.21. The van der Waals surface area contributed by atoms with Gasteiger partial charge < -0.3 is 9.52 Å². The third-order valence-electron chi connectivity index (χ3n) is 2.75. The van der Waals surface area contributed by atoms with Crippen LogP contribution in [0.25, 0.3) is 0 Å². The first-order valence-electron chi connectivity index (χ1n) is 5.89. The number of rotatable bonds is 5. The number of carboxylic acids is 1. The number of carboxylic acid groups (broad SMARTS) is 1. The van der Waals surface area contributed by atoms with Gasteiger partial charge in [0.15, 0.2) is 5.09 Å². The van der Waals surface area contributed by atoms with Crippen molar-refractivity contribution in [1.29, 1.82) is 0 Å². The molecule has 0 spiro atoms. The van der Waals surface area contributed by atoms with Gasteiger partial charge in [0.25, 0.3) is 0 Å². The van der Waals surface area contributed by atoms with Crippen LogP contribution >= 0.6 is 0 Å². The summed E-state index contributed by atoms with van der Waals surface area (Å²) in [6.07, 6.45) is 0.962. The molecule has 0 saturated carbocycles. The highest BCUT2D eigenvalue weighted by Gasteiger charge is 2.14. The third-order valence-corrected chi connectivity index (χ3v) is 4.01. The second-order valence-electron chi connectivity index (χ2n) is 4.08. The number of carbonyl (C=O) groups is 1. The molecule has 1 N–H and O–H groups in total. The largest absolute Gasteiger partial charge is 0.475 e. The van der Waals surface area contributed by atoms with Gasteiger partial charge in [0.1, 0.15) is 0 Å². The van der Waals surface area contributed by atoms with Crippen LogP contribution in [0.2, 0.25) is 0 Å². The SMILES string of the molecule is CCc1ccc(CS(=O)c2ccc(C(=O)O)o2)cc1. The van der Waals surface area contributed by atoms with E-state index in [1.807, 2.05) is 24.3 Å². The fourth-order valence-electron chi connectivity index (χ4n) is 1.65. The summed E-state index contributed by atoms with van der Waals surface area (Å²) in [6.45, 7) is 2.07. The van der Waals surface area contributed by atoms with Crippen LogP contribution < -0.4 is 0 Å². The summed E-state index contributed by atoms with van der Waals surface area (Å²) >= 11 is 0. The van der Waals surface area contributed by atoms with E-state index in [0.29, 0.717) is 5.75 Å². The van der Waals surface area contributed by atoms with Crippen LogP contribution in [0.1, 0.15) is 28.6 Å². The Morgan fingerprint density at radius 2 is 1.79 bits per heavy atom. The van der Waals surface area contributed by atoms with Gasteiger partial charge >= 0.3 is 5.97 Å². The van der Waals surface area contributed by atoms with Crippen LogP contribution in [0.4, 0.5) is 0 Å². The summed E-state index contributed by atoms with van der Waals surface area (Å²) in [5.41, 5.74) is 2.16. The number of aryl methyl sites for hydroxylation is 1. The smallest absolute Gasteiger partial charge is 0.371 e. The number of aromatic carboxylic acids is 1. The molecule has 1 unspecified atom stereocenters. The van der Waals surface area contributed by atoms with Crippen molar-refractivity contribution in [2.45, 2.75) is 24.2 Å². The predicted molar refractivity (Wildman–Crippen MR) is 71.6 cm³/mol. The summed E-state index contributed by atoms with van der Waals surface area (Å²) in [5, 5.41) is 8.93.